The quantitative estimate of drug-likeness (QED) is 0.675. The highest BCUT2D eigenvalue weighted by Crippen LogP contribution is 2.19. The van der Waals surface area contributed by atoms with E-state index in [1.165, 1.54) is 13.0 Å². The van der Waals surface area contributed by atoms with Gasteiger partial charge in [-0.3, -0.25) is 4.79 Å². The maximum absolute atomic E-state index is 10.9. The number of hydrogen-bond donors (Lipinski definition) is 0. The fraction of sp³-hybridized carbons (Fsp3) is 0.333. The van der Waals surface area contributed by atoms with Crippen LogP contribution in [0, 0.1) is 5.92 Å². The van der Waals surface area contributed by atoms with Crippen molar-refractivity contribution in [3.8, 4) is 0 Å². The van der Waals surface area contributed by atoms with Crippen molar-refractivity contribution < 1.29 is 13.2 Å². The van der Waals surface area contributed by atoms with Crippen LogP contribution < -0.4 is 0 Å². The second kappa shape index (κ2) is 4.57. The number of Topliss-reactive ketones (excluding diaryl/α,β-unsaturated/α-hetero) is 1. The predicted molar refractivity (Wildman–Crippen MR) is 55.8 cm³/mol. The van der Waals surface area contributed by atoms with Gasteiger partial charge >= 0.3 is 0 Å². The van der Waals surface area contributed by atoms with Gasteiger partial charge in [-0.15, -0.1) is 0 Å². The molecule has 0 bridgehead atoms. The van der Waals surface area contributed by atoms with Crippen molar-refractivity contribution >= 4 is 32.5 Å². The van der Waals surface area contributed by atoms with E-state index in [-0.39, 0.29) is 23.0 Å². The van der Waals surface area contributed by atoms with Crippen LogP contribution in [0.25, 0.3) is 0 Å². The van der Waals surface area contributed by atoms with Crippen LogP contribution >= 0.6 is 11.6 Å². The molecule has 14 heavy (non-hydrogen) atoms. The number of rotatable bonds is 2. The molecule has 0 saturated heterocycles. The van der Waals surface area contributed by atoms with E-state index in [0.717, 1.165) is 0 Å². The number of carbonyl (C=O) groups is 1. The first-order valence-electron chi connectivity index (χ1n) is 4.01. The summed E-state index contributed by atoms with van der Waals surface area (Å²) in [5.41, 5.74) is 0. The maximum Gasteiger partial charge on any atom is 0.217 e. The van der Waals surface area contributed by atoms with Crippen molar-refractivity contribution in [1.29, 1.82) is 0 Å². The number of hydrogen-bond acceptors (Lipinski definition) is 3. The third-order valence-corrected chi connectivity index (χ3v) is 2.87. The topological polar surface area (TPSA) is 51.2 Å². The van der Waals surface area contributed by atoms with Crippen LogP contribution in [0.2, 0.25) is 0 Å². The van der Waals surface area contributed by atoms with Crippen LogP contribution in [0.4, 0.5) is 0 Å². The highest BCUT2D eigenvalue weighted by molar-refractivity contribution is 7.73. The van der Waals surface area contributed by atoms with Crippen LogP contribution in [0.5, 0.6) is 0 Å². The molecule has 0 radical (unpaired) electrons. The average molecular weight is 233 g/mol. The van der Waals surface area contributed by atoms with Crippen molar-refractivity contribution in [2.75, 3.05) is 0 Å². The summed E-state index contributed by atoms with van der Waals surface area (Å²) in [5, 5.41) is 0.365. The van der Waals surface area contributed by atoms with E-state index in [1.807, 2.05) is 0 Å². The zero-order valence-corrected chi connectivity index (χ0v) is 9.10. The van der Waals surface area contributed by atoms with Gasteiger partial charge in [0.1, 0.15) is 5.78 Å². The Balaban J connectivity index is 3.06. The molecule has 1 unspecified atom stereocenters. The Bertz CT molecular complexity index is 435. The van der Waals surface area contributed by atoms with Gasteiger partial charge in [-0.2, -0.15) is 8.42 Å². The van der Waals surface area contributed by atoms with Crippen molar-refractivity contribution in [1.82, 2.24) is 0 Å². The maximum atomic E-state index is 10.9. The first-order chi connectivity index (χ1) is 6.50. The van der Waals surface area contributed by atoms with Crippen LogP contribution in [0.1, 0.15) is 13.3 Å². The Morgan fingerprint density at radius 3 is 2.71 bits per heavy atom. The number of allylic oxidation sites excluding steroid dienone is 4. The SMILES string of the molecule is CC(=O)CC1C=CC(Cl)=CC1=S(=O)=O. The minimum Gasteiger partial charge on any atom is -0.300 e. The molecule has 1 aliphatic rings. The van der Waals surface area contributed by atoms with Gasteiger partial charge in [0.15, 0.2) is 0 Å². The Morgan fingerprint density at radius 2 is 2.21 bits per heavy atom. The van der Waals surface area contributed by atoms with E-state index in [2.05, 4.69) is 0 Å². The van der Waals surface area contributed by atoms with E-state index < -0.39 is 10.3 Å². The molecule has 76 valence electrons. The average Bonchev–Trinajstić information content (AvgIpc) is 2.07. The van der Waals surface area contributed by atoms with Gasteiger partial charge < -0.3 is 0 Å². The van der Waals surface area contributed by atoms with E-state index >= 15 is 0 Å². The summed E-state index contributed by atoms with van der Waals surface area (Å²) in [6.07, 6.45) is 4.80. The number of ketones is 1. The lowest BCUT2D eigenvalue weighted by molar-refractivity contribution is -0.117. The summed E-state index contributed by atoms with van der Waals surface area (Å²) in [4.78, 5) is 11.0. The van der Waals surface area contributed by atoms with Gasteiger partial charge in [-0.25, -0.2) is 0 Å². The molecule has 0 aromatic rings. The van der Waals surface area contributed by atoms with Crippen molar-refractivity contribution in [3.05, 3.63) is 23.3 Å². The molecule has 0 aliphatic heterocycles. The molecule has 0 amide bonds. The first kappa shape index (κ1) is 11.2. The Kier molecular flexibility index (Phi) is 3.66. The standard InChI is InChI=1S/C9H9ClO3S/c1-6(11)4-7-2-3-8(10)5-9(7)14(12)13/h2-3,5,7H,4H2,1H3. The van der Waals surface area contributed by atoms with Gasteiger partial charge in [0, 0.05) is 17.4 Å². The Morgan fingerprint density at radius 1 is 1.57 bits per heavy atom. The molecule has 1 rings (SSSR count). The summed E-state index contributed by atoms with van der Waals surface area (Å²) < 4.78 is 21.6. The fourth-order valence-corrected chi connectivity index (χ4v) is 2.13. The fourth-order valence-electron chi connectivity index (χ4n) is 1.24. The van der Waals surface area contributed by atoms with Gasteiger partial charge in [0.25, 0.3) is 0 Å². The Labute approximate surface area is 88.6 Å². The minimum atomic E-state index is -2.32. The molecule has 5 heteroatoms. The number of carbonyl (C=O) groups excluding carboxylic acids is 1. The number of halogens is 1. The summed E-state index contributed by atoms with van der Waals surface area (Å²) in [6.45, 7) is 1.43. The predicted octanol–water partition coefficient (Wildman–Crippen LogP) is 1.33. The van der Waals surface area contributed by atoms with E-state index in [9.17, 15) is 13.2 Å². The monoisotopic (exact) mass is 232 g/mol. The first-order valence-corrected chi connectivity index (χ1v) is 5.47. The highest BCUT2D eigenvalue weighted by Gasteiger charge is 2.18. The molecule has 0 N–H and O–H groups in total. The van der Waals surface area contributed by atoms with E-state index in [0.29, 0.717) is 5.03 Å². The van der Waals surface area contributed by atoms with E-state index in [4.69, 9.17) is 11.6 Å². The lowest BCUT2D eigenvalue weighted by atomic mass is 9.95. The van der Waals surface area contributed by atoms with Crippen LogP contribution in [-0.4, -0.2) is 19.1 Å². The molecule has 1 aliphatic carbocycles. The van der Waals surface area contributed by atoms with Crippen LogP contribution in [0.3, 0.4) is 0 Å². The summed E-state index contributed by atoms with van der Waals surface area (Å²) in [7, 11) is -2.32. The van der Waals surface area contributed by atoms with Crippen LogP contribution in [-0.2, 0) is 15.1 Å². The van der Waals surface area contributed by atoms with E-state index in [1.54, 1.807) is 12.2 Å². The third-order valence-electron chi connectivity index (χ3n) is 1.83. The largest absolute Gasteiger partial charge is 0.300 e. The molecule has 1 atom stereocenters. The van der Waals surface area contributed by atoms with Crippen LogP contribution in [0.15, 0.2) is 23.3 Å². The third kappa shape index (κ3) is 2.82. The molecule has 0 fully saturated rings. The van der Waals surface area contributed by atoms with Crippen molar-refractivity contribution in [2.24, 2.45) is 5.92 Å². The normalized spacial score (nSPS) is 20.6. The van der Waals surface area contributed by atoms with Crippen molar-refractivity contribution in [2.45, 2.75) is 13.3 Å². The smallest absolute Gasteiger partial charge is 0.217 e. The molecular formula is C9H9ClO3S. The van der Waals surface area contributed by atoms with Gasteiger partial charge in [-0.1, -0.05) is 17.7 Å². The summed E-state index contributed by atoms with van der Waals surface area (Å²) in [5.74, 6) is -0.414. The second-order valence-corrected chi connectivity index (χ2v) is 4.42. The summed E-state index contributed by atoms with van der Waals surface area (Å²) in [6, 6.07) is 0. The Hall–Kier alpha value is -0.870. The molecule has 0 aromatic carbocycles. The van der Waals surface area contributed by atoms with Crippen molar-refractivity contribution in [3.63, 3.8) is 0 Å². The highest BCUT2D eigenvalue weighted by atomic mass is 35.5. The zero-order chi connectivity index (χ0) is 10.7. The molecule has 0 spiro atoms. The zero-order valence-electron chi connectivity index (χ0n) is 7.53. The minimum absolute atomic E-state index is 0.0472. The molecule has 0 heterocycles. The second-order valence-electron chi connectivity index (χ2n) is 3.04. The van der Waals surface area contributed by atoms with Gasteiger partial charge in [0.2, 0.25) is 10.3 Å². The lowest BCUT2D eigenvalue weighted by Gasteiger charge is -2.12. The summed E-state index contributed by atoms with van der Waals surface area (Å²) >= 11 is 5.65. The van der Waals surface area contributed by atoms with Gasteiger partial charge in [0.05, 0.1) is 4.86 Å². The van der Waals surface area contributed by atoms with Gasteiger partial charge in [-0.05, 0) is 19.1 Å². The molecule has 0 saturated carbocycles. The molecule has 0 aromatic heterocycles. The molecular weight excluding hydrogens is 224 g/mol. The molecule has 3 nitrogen and oxygen atoms in total. The lowest BCUT2D eigenvalue weighted by Crippen LogP contribution is -2.16.